The number of nitrogens with zero attached hydrogens (tertiary/aromatic N) is 2. The summed E-state index contributed by atoms with van der Waals surface area (Å²) in [4.78, 5) is 19.9. The number of fused-ring (bicyclic) bond motifs is 1. The van der Waals surface area contributed by atoms with Crippen molar-refractivity contribution in [1.29, 1.82) is 0 Å². The van der Waals surface area contributed by atoms with E-state index < -0.39 is 0 Å². The van der Waals surface area contributed by atoms with Gasteiger partial charge in [0.25, 0.3) is 5.91 Å². The van der Waals surface area contributed by atoms with Crippen molar-refractivity contribution in [3.63, 3.8) is 0 Å². The number of hydrogen-bond donors (Lipinski definition) is 3. The predicted molar refractivity (Wildman–Crippen MR) is 85.9 cm³/mol. The number of para-hydroxylation sites is 2. The number of imidazole rings is 1. The maximum Gasteiger partial charge on any atom is 0.256 e. The summed E-state index contributed by atoms with van der Waals surface area (Å²) in [7, 11) is 0. The van der Waals surface area contributed by atoms with Gasteiger partial charge in [0.05, 0.1) is 22.3 Å². The number of H-pyrrole nitrogens is 2. The van der Waals surface area contributed by atoms with Gasteiger partial charge in [-0.1, -0.05) is 12.1 Å². The third-order valence-electron chi connectivity index (χ3n) is 3.29. The number of hydrogen-bond acceptors (Lipinski definition) is 4. The van der Waals surface area contributed by atoms with Crippen LogP contribution in [0.3, 0.4) is 0 Å². The van der Waals surface area contributed by atoms with E-state index >= 15 is 0 Å². The number of carbonyl (C=O) groups is 1. The number of carbonyl (C=O) groups excluding carboxylic acids is 1. The summed E-state index contributed by atoms with van der Waals surface area (Å²) in [6.45, 7) is 0. The van der Waals surface area contributed by atoms with Crippen LogP contribution in [0.15, 0.2) is 47.3 Å². The fourth-order valence-corrected chi connectivity index (χ4v) is 2.85. The maximum absolute atomic E-state index is 12.2. The Morgan fingerprint density at radius 1 is 1.23 bits per heavy atom. The molecule has 6 nitrogen and oxygen atoms in total. The van der Waals surface area contributed by atoms with E-state index in [1.165, 1.54) is 11.3 Å². The van der Waals surface area contributed by atoms with Crippen LogP contribution in [-0.4, -0.2) is 26.1 Å². The number of thiophene rings is 1. The molecule has 7 heteroatoms. The molecule has 0 unspecified atom stereocenters. The van der Waals surface area contributed by atoms with Crippen molar-refractivity contribution in [1.82, 2.24) is 20.2 Å². The van der Waals surface area contributed by atoms with E-state index in [0.29, 0.717) is 22.8 Å². The molecule has 0 saturated carbocycles. The first-order valence-corrected chi connectivity index (χ1v) is 7.58. The number of aromatic amines is 2. The molecule has 0 fully saturated rings. The van der Waals surface area contributed by atoms with Crippen molar-refractivity contribution in [2.24, 2.45) is 0 Å². The van der Waals surface area contributed by atoms with Gasteiger partial charge >= 0.3 is 0 Å². The molecule has 0 spiro atoms. The summed E-state index contributed by atoms with van der Waals surface area (Å²) in [6.07, 6.45) is 1.65. The highest BCUT2D eigenvalue weighted by atomic mass is 32.1. The van der Waals surface area contributed by atoms with Crippen LogP contribution < -0.4 is 5.32 Å². The van der Waals surface area contributed by atoms with Crippen LogP contribution in [0, 0.1) is 0 Å². The molecule has 3 heterocycles. The monoisotopic (exact) mass is 309 g/mol. The lowest BCUT2D eigenvalue weighted by molar-refractivity contribution is 0.102. The molecule has 3 aromatic heterocycles. The zero-order chi connectivity index (χ0) is 14.9. The molecule has 0 bridgehead atoms. The number of amides is 1. The van der Waals surface area contributed by atoms with E-state index in [4.69, 9.17) is 0 Å². The normalized spacial score (nSPS) is 10.9. The molecule has 4 aromatic rings. The van der Waals surface area contributed by atoms with Crippen LogP contribution in [0.25, 0.3) is 22.6 Å². The summed E-state index contributed by atoms with van der Waals surface area (Å²) in [5.74, 6) is 0.447. The van der Waals surface area contributed by atoms with Crippen LogP contribution in [-0.2, 0) is 0 Å². The molecule has 3 N–H and O–H groups in total. The molecule has 0 radical (unpaired) electrons. The van der Waals surface area contributed by atoms with Gasteiger partial charge in [-0.2, -0.15) is 16.4 Å². The van der Waals surface area contributed by atoms with E-state index in [2.05, 4.69) is 25.5 Å². The number of benzene rings is 1. The average Bonchev–Trinajstić information content (AvgIpc) is 3.26. The van der Waals surface area contributed by atoms with Crippen molar-refractivity contribution >= 4 is 34.0 Å². The first-order valence-electron chi connectivity index (χ1n) is 6.64. The van der Waals surface area contributed by atoms with Gasteiger partial charge in [-0.15, -0.1) is 0 Å². The van der Waals surface area contributed by atoms with Gasteiger partial charge in [0, 0.05) is 11.6 Å². The lowest BCUT2D eigenvalue weighted by atomic mass is 10.3. The molecule has 0 aliphatic rings. The Hall–Kier alpha value is -2.93. The van der Waals surface area contributed by atoms with Gasteiger partial charge in [0.2, 0.25) is 0 Å². The number of aromatic nitrogens is 4. The van der Waals surface area contributed by atoms with Crippen LogP contribution in [0.2, 0.25) is 0 Å². The highest BCUT2D eigenvalue weighted by Gasteiger charge is 2.15. The van der Waals surface area contributed by atoms with Crippen LogP contribution in [0.4, 0.5) is 5.69 Å². The van der Waals surface area contributed by atoms with Gasteiger partial charge < -0.3 is 10.3 Å². The van der Waals surface area contributed by atoms with Gasteiger partial charge in [-0.3, -0.25) is 9.89 Å². The van der Waals surface area contributed by atoms with E-state index in [0.717, 1.165) is 11.0 Å². The Labute approximate surface area is 129 Å². The van der Waals surface area contributed by atoms with E-state index in [9.17, 15) is 4.79 Å². The molecule has 0 aliphatic carbocycles. The molecule has 22 heavy (non-hydrogen) atoms. The van der Waals surface area contributed by atoms with Crippen molar-refractivity contribution in [2.45, 2.75) is 0 Å². The smallest absolute Gasteiger partial charge is 0.256 e. The fourth-order valence-electron chi connectivity index (χ4n) is 2.22. The third kappa shape index (κ3) is 2.17. The molecule has 1 aromatic carbocycles. The fraction of sp³-hybridized carbons (Fsp3) is 0. The van der Waals surface area contributed by atoms with Crippen molar-refractivity contribution in [3.8, 4) is 11.5 Å². The maximum atomic E-state index is 12.2. The molecule has 0 atom stereocenters. The Morgan fingerprint density at radius 3 is 2.95 bits per heavy atom. The van der Waals surface area contributed by atoms with Crippen LogP contribution in [0.5, 0.6) is 0 Å². The lowest BCUT2D eigenvalue weighted by Gasteiger charge is -2.02. The highest BCUT2D eigenvalue weighted by Crippen LogP contribution is 2.25. The average molecular weight is 309 g/mol. The Morgan fingerprint density at radius 2 is 2.14 bits per heavy atom. The first-order chi connectivity index (χ1) is 10.8. The summed E-state index contributed by atoms with van der Waals surface area (Å²) >= 11 is 1.48. The van der Waals surface area contributed by atoms with Crippen molar-refractivity contribution < 1.29 is 4.79 Å². The Bertz CT molecular complexity index is 905. The zero-order valence-electron chi connectivity index (χ0n) is 11.3. The molecular weight excluding hydrogens is 298 g/mol. The largest absolute Gasteiger partial charge is 0.337 e. The van der Waals surface area contributed by atoms with Crippen molar-refractivity contribution in [3.05, 3.63) is 52.9 Å². The third-order valence-corrected chi connectivity index (χ3v) is 3.97. The van der Waals surface area contributed by atoms with Crippen LogP contribution in [0.1, 0.15) is 10.4 Å². The summed E-state index contributed by atoms with van der Waals surface area (Å²) < 4.78 is 0. The summed E-state index contributed by atoms with van der Waals surface area (Å²) in [5.41, 5.74) is 3.59. The minimum atomic E-state index is -0.167. The minimum Gasteiger partial charge on any atom is -0.337 e. The highest BCUT2D eigenvalue weighted by molar-refractivity contribution is 7.08. The minimum absolute atomic E-state index is 0.167. The van der Waals surface area contributed by atoms with Gasteiger partial charge in [0.1, 0.15) is 0 Å². The Balaban J connectivity index is 1.69. The lowest BCUT2D eigenvalue weighted by Crippen LogP contribution is -2.11. The molecule has 108 valence electrons. The number of nitrogens with one attached hydrogen (secondary N) is 3. The van der Waals surface area contributed by atoms with E-state index in [1.807, 2.05) is 29.6 Å². The summed E-state index contributed by atoms with van der Waals surface area (Å²) in [5, 5.41) is 13.5. The molecule has 4 rings (SSSR count). The zero-order valence-corrected chi connectivity index (χ0v) is 12.1. The topological polar surface area (TPSA) is 86.5 Å². The second-order valence-electron chi connectivity index (χ2n) is 4.72. The summed E-state index contributed by atoms with van der Waals surface area (Å²) in [6, 6.07) is 9.51. The first kappa shape index (κ1) is 12.8. The van der Waals surface area contributed by atoms with Crippen LogP contribution >= 0.6 is 11.3 Å². The van der Waals surface area contributed by atoms with Gasteiger partial charge in [-0.25, -0.2) is 4.98 Å². The van der Waals surface area contributed by atoms with E-state index in [-0.39, 0.29) is 5.91 Å². The SMILES string of the molecule is O=C(Nc1c[nH]nc1-c1nc2ccccc2[nH]1)c1ccsc1. The Kier molecular flexibility index (Phi) is 2.97. The quantitative estimate of drug-likeness (QED) is 0.543. The molecular formula is C15H11N5OS. The standard InChI is InChI=1S/C15H11N5OS/c21-15(9-5-6-22-8-9)19-12-7-16-20-13(12)14-17-10-3-1-2-4-11(10)18-14/h1-8H,(H,16,20)(H,17,18)(H,19,21). The number of anilines is 1. The second-order valence-corrected chi connectivity index (χ2v) is 5.50. The molecule has 0 saturated heterocycles. The molecule has 0 aliphatic heterocycles. The van der Waals surface area contributed by atoms with Crippen molar-refractivity contribution in [2.75, 3.05) is 5.32 Å². The predicted octanol–water partition coefficient (Wildman–Crippen LogP) is 3.27. The molecule has 1 amide bonds. The van der Waals surface area contributed by atoms with E-state index in [1.54, 1.807) is 17.6 Å². The second kappa shape index (κ2) is 5.12. The number of rotatable bonds is 3. The van der Waals surface area contributed by atoms with Gasteiger partial charge in [-0.05, 0) is 23.6 Å². The van der Waals surface area contributed by atoms with Gasteiger partial charge in [0.15, 0.2) is 11.5 Å².